The topological polar surface area (TPSA) is 80.5 Å². The Morgan fingerprint density at radius 3 is 2.36 bits per heavy atom. The van der Waals surface area contributed by atoms with Crippen molar-refractivity contribution in [2.45, 2.75) is 33.4 Å². The maximum Gasteiger partial charge on any atom is 0.322 e. The van der Waals surface area contributed by atoms with Gasteiger partial charge in [0.1, 0.15) is 5.75 Å². The SMILES string of the molecule is COc1cccc(CN2C(=O)NC(c3ccc(C)cc3)C(c3nc(-c4ccc(C)cc4)no3)=C2C)c1. The van der Waals surface area contributed by atoms with Gasteiger partial charge >= 0.3 is 6.03 Å². The van der Waals surface area contributed by atoms with Gasteiger partial charge < -0.3 is 14.6 Å². The van der Waals surface area contributed by atoms with Gasteiger partial charge in [0.15, 0.2) is 0 Å². The second-order valence-corrected chi connectivity index (χ2v) is 9.02. The minimum Gasteiger partial charge on any atom is -0.497 e. The second-order valence-electron chi connectivity index (χ2n) is 9.02. The summed E-state index contributed by atoms with van der Waals surface area (Å²) in [5, 5.41) is 7.41. The maximum absolute atomic E-state index is 13.3. The van der Waals surface area contributed by atoms with Crippen LogP contribution in [0.1, 0.15) is 41.1 Å². The second kappa shape index (κ2) is 9.70. The molecule has 4 aromatic rings. The standard InChI is InChI=1S/C29H28N4O3/c1-18-8-12-22(13-9-18)26-25(28-31-27(32-36-28)23-14-10-19(2)11-15-23)20(3)33(29(34)30-26)17-21-6-5-7-24(16-21)35-4/h5-16,26H,17H2,1-4H3,(H,30,34). The number of amides is 2. The normalized spacial score (nSPS) is 15.7. The van der Waals surface area contributed by atoms with Crippen molar-refractivity contribution in [1.29, 1.82) is 0 Å². The van der Waals surface area contributed by atoms with Crippen LogP contribution in [0.5, 0.6) is 5.75 Å². The van der Waals surface area contributed by atoms with Gasteiger partial charge in [0.2, 0.25) is 5.82 Å². The van der Waals surface area contributed by atoms with Crippen LogP contribution in [0.25, 0.3) is 17.0 Å². The quantitative estimate of drug-likeness (QED) is 0.363. The highest BCUT2D eigenvalue weighted by Crippen LogP contribution is 2.38. The Labute approximate surface area is 210 Å². The van der Waals surface area contributed by atoms with Crippen molar-refractivity contribution >= 4 is 11.6 Å². The Morgan fingerprint density at radius 1 is 0.972 bits per heavy atom. The van der Waals surface area contributed by atoms with Gasteiger partial charge in [0, 0.05) is 11.3 Å². The van der Waals surface area contributed by atoms with Crippen LogP contribution in [0, 0.1) is 13.8 Å². The van der Waals surface area contributed by atoms with E-state index in [1.165, 1.54) is 0 Å². The molecule has 0 aliphatic carbocycles. The number of carbonyl (C=O) groups excluding carboxylic acids is 1. The number of carbonyl (C=O) groups is 1. The summed E-state index contributed by atoms with van der Waals surface area (Å²) in [6.07, 6.45) is 0. The third kappa shape index (κ3) is 4.60. The van der Waals surface area contributed by atoms with E-state index in [-0.39, 0.29) is 6.03 Å². The Hall–Kier alpha value is -4.39. The van der Waals surface area contributed by atoms with Crippen LogP contribution in [0.4, 0.5) is 4.79 Å². The molecular weight excluding hydrogens is 452 g/mol. The summed E-state index contributed by atoms with van der Waals surface area (Å²) in [6.45, 7) is 6.36. The first-order valence-corrected chi connectivity index (χ1v) is 11.8. The summed E-state index contributed by atoms with van der Waals surface area (Å²) in [5.41, 5.74) is 6.58. The molecule has 182 valence electrons. The van der Waals surface area contributed by atoms with E-state index in [9.17, 15) is 4.79 Å². The number of aryl methyl sites for hydroxylation is 2. The predicted molar refractivity (Wildman–Crippen MR) is 138 cm³/mol. The number of allylic oxidation sites excluding steroid dienone is 1. The maximum atomic E-state index is 13.3. The first-order valence-electron chi connectivity index (χ1n) is 11.8. The van der Waals surface area contributed by atoms with Crippen LogP contribution in [-0.2, 0) is 6.54 Å². The average Bonchev–Trinajstić information content (AvgIpc) is 3.37. The summed E-state index contributed by atoms with van der Waals surface area (Å²) < 4.78 is 11.1. The third-order valence-electron chi connectivity index (χ3n) is 6.45. The van der Waals surface area contributed by atoms with E-state index in [1.54, 1.807) is 12.0 Å². The first kappa shape index (κ1) is 23.4. The van der Waals surface area contributed by atoms with Gasteiger partial charge in [-0.25, -0.2) is 4.79 Å². The highest BCUT2D eigenvalue weighted by molar-refractivity contribution is 5.87. The molecular formula is C29H28N4O3. The monoisotopic (exact) mass is 480 g/mol. The molecule has 36 heavy (non-hydrogen) atoms. The molecule has 1 atom stereocenters. The lowest BCUT2D eigenvalue weighted by molar-refractivity contribution is 0.203. The minimum absolute atomic E-state index is 0.192. The smallest absolute Gasteiger partial charge is 0.322 e. The number of hydrogen-bond acceptors (Lipinski definition) is 5. The van der Waals surface area contributed by atoms with Gasteiger partial charge in [-0.1, -0.05) is 76.9 Å². The van der Waals surface area contributed by atoms with E-state index in [4.69, 9.17) is 14.2 Å². The molecule has 0 radical (unpaired) electrons. The molecule has 2 amide bonds. The summed E-state index contributed by atoms with van der Waals surface area (Å²) in [4.78, 5) is 19.8. The Balaban J connectivity index is 1.58. The van der Waals surface area contributed by atoms with Crippen LogP contribution in [0.15, 0.2) is 83.0 Å². The highest BCUT2D eigenvalue weighted by atomic mass is 16.5. The van der Waals surface area contributed by atoms with Crippen molar-refractivity contribution in [3.8, 4) is 17.1 Å². The van der Waals surface area contributed by atoms with Crippen molar-refractivity contribution in [2.75, 3.05) is 7.11 Å². The van der Waals surface area contributed by atoms with Gasteiger partial charge in [-0.2, -0.15) is 4.98 Å². The van der Waals surface area contributed by atoms with Crippen LogP contribution in [-0.4, -0.2) is 28.2 Å². The molecule has 0 saturated heterocycles. The predicted octanol–water partition coefficient (Wildman–Crippen LogP) is 6.06. The zero-order chi connectivity index (χ0) is 25.2. The van der Waals surface area contributed by atoms with E-state index in [0.717, 1.165) is 44.8 Å². The zero-order valence-corrected chi connectivity index (χ0v) is 20.8. The number of benzene rings is 3. The molecule has 0 saturated carbocycles. The first-order chi connectivity index (χ1) is 17.4. The molecule has 0 spiro atoms. The van der Waals surface area contributed by atoms with E-state index >= 15 is 0 Å². The summed E-state index contributed by atoms with van der Waals surface area (Å²) >= 11 is 0. The molecule has 2 heterocycles. The molecule has 1 aliphatic heterocycles. The number of methoxy groups -OCH3 is 1. The summed E-state index contributed by atoms with van der Waals surface area (Å²) in [7, 11) is 1.63. The number of ether oxygens (including phenoxy) is 1. The molecule has 3 aromatic carbocycles. The number of urea groups is 1. The average molecular weight is 481 g/mol. The lowest BCUT2D eigenvalue weighted by Gasteiger charge is -2.35. The number of nitrogens with one attached hydrogen (secondary N) is 1. The van der Waals surface area contributed by atoms with E-state index in [0.29, 0.717) is 18.3 Å². The molecule has 7 nitrogen and oxygen atoms in total. The summed E-state index contributed by atoms with van der Waals surface area (Å²) in [6, 6.07) is 23.1. The van der Waals surface area contributed by atoms with E-state index < -0.39 is 6.04 Å². The lowest BCUT2D eigenvalue weighted by atomic mass is 9.94. The van der Waals surface area contributed by atoms with Crippen LogP contribution in [0.2, 0.25) is 0 Å². The van der Waals surface area contributed by atoms with Crippen molar-refractivity contribution in [1.82, 2.24) is 20.4 Å². The molecule has 1 aliphatic rings. The van der Waals surface area contributed by atoms with E-state index in [2.05, 4.69) is 10.5 Å². The fourth-order valence-corrected chi connectivity index (χ4v) is 4.36. The van der Waals surface area contributed by atoms with E-state index in [1.807, 2.05) is 93.6 Å². The van der Waals surface area contributed by atoms with Crippen molar-refractivity contribution in [2.24, 2.45) is 0 Å². The molecule has 1 unspecified atom stereocenters. The fourth-order valence-electron chi connectivity index (χ4n) is 4.36. The Kier molecular flexibility index (Phi) is 6.29. The van der Waals surface area contributed by atoms with Crippen LogP contribution in [0.3, 0.4) is 0 Å². The van der Waals surface area contributed by atoms with Crippen molar-refractivity contribution < 1.29 is 14.1 Å². The molecule has 7 heteroatoms. The number of nitrogens with zero attached hydrogens (tertiary/aromatic N) is 3. The molecule has 5 rings (SSSR count). The molecule has 0 fully saturated rings. The third-order valence-corrected chi connectivity index (χ3v) is 6.45. The van der Waals surface area contributed by atoms with Gasteiger partial charge in [-0.05, 0) is 44.0 Å². The van der Waals surface area contributed by atoms with Crippen molar-refractivity contribution in [3.63, 3.8) is 0 Å². The zero-order valence-electron chi connectivity index (χ0n) is 20.8. The molecule has 1 N–H and O–H groups in total. The van der Waals surface area contributed by atoms with Gasteiger partial charge in [0.05, 0.1) is 25.3 Å². The van der Waals surface area contributed by atoms with Gasteiger partial charge in [-0.15, -0.1) is 0 Å². The van der Waals surface area contributed by atoms with Crippen LogP contribution >= 0.6 is 0 Å². The number of aromatic nitrogens is 2. The summed E-state index contributed by atoms with van der Waals surface area (Å²) in [5.74, 6) is 1.62. The molecule has 0 bridgehead atoms. The Bertz CT molecular complexity index is 1420. The fraction of sp³-hybridized carbons (Fsp3) is 0.207. The lowest BCUT2D eigenvalue weighted by Crippen LogP contribution is -2.45. The van der Waals surface area contributed by atoms with Crippen LogP contribution < -0.4 is 10.1 Å². The van der Waals surface area contributed by atoms with Crippen molar-refractivity contribution in [3.05, 3.63) is 107 Å². The van der Waals surface area contributed by atoms with Gasteiger partial charge in [-0.3, -0.25) is 4.90 Å². The highest BCUT2D eigenvalue weighted by Gasteiger charge is 2.35. The largest absolute Gasteiger partial charge is 0.497 e. The minimum atomic E-state index is -0.425. The van der Waals surface area contributed by atoms with Gasteiger partial charge in [0.25, 0.3) is 5.89 Å². The number of hydrogen-bond donors (Lipinski definition) is 1. The Morgan fingerprint density at radius 2 is 1.67 bits per heavy atom. The molecule has 1 aromatic heterocycles. The number of rotatable bonds is 6.